The van der Waals surface area contributed by atoms with Crippen LogP contribution in [-0.2, 0) is 24.2 Å². The van der Waals surface area contributed by atoms with E-state index in [-0.39, 0.29) is 12.1 Å². The first-order chi connectivity index (χ1) is 14.3. The van der Waals surface area contributed by atoms with Crippen molar-refractivity contribution in [1.29, 1.82) is 0 Å². The van der Waals surface area contributed by atoms with Gasteiger partial charge in [0.2, 0.25) is 5.91 Å². The largest absolute Gasteiger partial charge is 0.406 e. The average Bonchev–Trinajstić information content (AvgIpc) is 3.05. The van der Waals surface area contributed by atoms with Crippen LogP contribution in [0.25, 0.3) is 0 Å². The fraction of sp³-hybridized carbons (Fsp3) is 0.750. The lowest BCUT2D eigenvalue weighted by atomic mass is 9.97. The van der Waals surface area contributed by atoms with Gasteiger partial charge in [0.1, 0.15) is 6.54 Å². The zero-order chi connectivity index (χ0) is 21.3. The average molecular weight is 427 g/mol. The lowest BCUT2D eigenvalue weighted by molar-refractivity contribution is -0.159. The van der Waals surface area contributed by atoms with Crippen molar-refractivity contribution in [2.45, 2.75) is 50.9 Å². The summed E-state index contributed by atoms with van der Waals surface area (Å²) in [6.45, 7) is 2.95. The van der Waals surface area contributed by atoms with Gasteiger partial charge in [-0.15, -0.1) is 0 Å². The molecule has 0 spiro atoms. The molecule has 0 saturated carbocycles. The molecular weight excluding hydrogens is 399 g/mol. The van der Waals surface area contributed by atoms with E-state index in [4.69, 9.17) is 0 Å². The number of amides is 1. The molecule has 1 amide bonds. The Kier molecular flexibility index (Phi) is 6.15. The Morgan fingerprint density at radius 3 is 2.47 bits per heavy atom. The molecule has 30 heavy (non-hydrogen) atoms. The SMILES string of the molecule is O=C1C(N2CCN(CCn3nc4c(cc3=O)CCCC4)CC2)CCN1CC(F)(F)F. The number of carbonyl (C=O) groups excluding carboxylic acids is 1. The van der Waals surface area contributed by atoms with Crippen LogP contribution in [0.2, 0.25) is 0 Å². The second-order valence-corrected chi connectivity index (χ2v) is 8.44. The molecule has 1 aliphatic carbocycles. The number of alkyl halides is 3. The summed E-state index contributed by atoms with van der Waals surface area (Å²) in [7, 11) is 0. The Bertz CT molecular complexity index is 833. The molecule has 3 heterocycles. The maximum atomic E-state index is 12.6. The standard InChI is InChI=1S/C20H28F3N5O2/c21-20(22,23)14-27-6-5-17(19(27)30)26-10-7-25(8-11-26)9-12-28-18(29)13-15-3-1-2-4-16(15)24-28/h13,17H,1-12,14H2. The maximum Gasteiger partial charge on any atom is 0.406 e. The molecule has 2 aliphatic heterocycles. The van der Waals surface area contributed by atoms with Crippen LogP contribution in [0.3, 0.4) is 0 Å². The summed E-state index contributed by atoms with van der Waals surface area (Å²) in [5, 5.41) is 4.55. The van der Waals surface area contributed by atoms with E-state index in [2.05, 4.69) is 10.00 Å². The van der Waals surface area contributed by atoms with E-state index in [1.807, 2.05) is 4.90 Å². The van der Waals surface area contributed by atoms with E-state index < -0.39 is 24.7 Å². The third-order valence-corrected chi connectivity index (χ3v) is 6.39. The number of fused-ring (bicyclic) bond motifs is 1. The van der Waals surface area contributed by atoms with Crippen molar-refractivity contribution < 1.29 is 18.0 Å². The van der Waals surface area contributed by atoms with Crippen LogP contribution in [-0.4, -0.2) is 88.4 Å². The molecule has 7 nitrogen and oxygen atoms in total. The van der Waals surface area contributed by atoms with Crippen LogP contribution in [0.5, 0.6) is 0 Å². The fourth-order valence-corrected chi connectivity index (χ4v) is 4.73. The molecule has 0 N–H and O–H groups in total. The molecule has 0 bridgehead atoms. The van der Waals surface area contributed by atoms with E-state index in [1.165, 1.54) is 0 Å². The Balaban J connectivity index is 1.27. The minimum absolute atomic E-state index is 0.0596. The summed E-state index contributed by atoms with van der Waals surface area (Å²) in [5.74, 6) is -0.411. The number of halogens is 3. The van der Waals surface area contributed by atoms with Gasteiger partial charge in [0, 0.05) is 45.3 Å². The van der Waals surface area contributed by atoms with Crippen molar-refractivity contribution in [2.24, 2.45) is 0 Å². The van der Waals surface area contributed by atoms with Gasteiger partial charge in [0.15, 0.2) is 0 Å². The van der Waals surface area contributed by atoms with Crippen LogP contribution < -0.4 is 5.56 Å². The molecule has 1 atom stereocenters. The van der Waals surface area contributed by atoms with Crippen molar-refractivity contribution in [3.05, 3.63) is 27.7 Å². The summed E-state index contributed by atoms with van der Waals surface area (Å²) in [6.07, 6.45) is 0.172. The maximum absolute atomic E-state index is 12.6. The van der Waals surface area contributed by atoms with Crippen molar-refractivity contribution in [3.63, 3.8) is 0 Å². The Morgan fingerprint density at radius 2 is 1.73 bits per heavy atom. The monoisotopic (exact) mass is 427 g/mol. The zero-order valence-electron chi connectivity index (χ0n) is 17.0. The third kappa shape index (κ3) is 4.85. The highest BCUT2D eigenvalue weighted by molar-refractivity contribution is 5.84. The molecule has 1 aromatic rings. The van der Waals surface area contributed by atoms with Crippen molar-refractivity contribution >= 4 is 5.91 Å². The molecule has 0 radical (unpaired) electrons. The molecular formula is C20H28F3N5O2. The number of hydrogen-bond donors (Lipinski definition) is 0. The fourth-order valence-electron chi connectivity index (χ4n) is 4.73. The van der Waals surface area contributed by atoms with Gasteiger partial charge in [0.05, 0.1) is 18.3 Å². The molecule has 4 rings (SSSR count). The van der Waals surface area contributed by atoms with Gasteiger partial charge in [-0.2, -0.15) is 18.3 Å². The summed E-state index contributed by atoms with van der Waals surface area (Å²) < 4.78 is 39.4. The highest BCUT2D eigenvalue weighted by Crippen LogP contribution is 2.24. The Morgan fingerprint density at radius 1 is 1.00 bits per heavy atom. The lowest BCUT2D eigenvalue weighted by Gasteiger charge is -2.37. The van der Waals surface area contributed by atoms with E-state index >= 15 is 0 Å². The molecule has 166 valence electrons. The zero-order valence-corrected chi connectivity index (χ0v) is 17.0. The van der Waals surface area contributed by atoms with E-state index in [0.29, 0.717) is 32.6 Å². The second-order valence-electron chi connectivity index (χ2n) is 8.44. The predicted octanol–water partition coefficient (Wildman–Crippen LogP) is 0.903. The molecule has 1 unspecified atom stereocenters. The van der Waals surface area contributed by atoms with Gasteiger partial charge in [-0.05, 0) is 37.7 Å². The minimum atomic E-state index is -4.36. The number of aromatic nitrogens is 2. The van der Waals surface area contributed by atoms with Crippen LogP contribution in [0.4, 0.5) is 13.2 Å². The first-order valence-corrected chi connectivity index (χ1v) is 10.7. The summed E-state index contributed by atoms with van der Waals surface area (Å²) in [5.41, 5.74) is 2.06. The van der Waals surface area contributed by atoms with E-state index in [1.54, 1.807) is 10.7 Å². The van der Waals surface area contributed by atoms with Crippen molar-refractivity contribution in [2.75, 3.05) is 45.8 Å². The Hall–Kier alpha value is -1.94. The van der Waals surface area contributed by atoms with Crippen molar-refractivity contribution in [3.8, 4) is 0 Å². The third-order valence-electron chi connectivity index (χ3n) is 6.39. The summed E-state index contributed by atoms with van der Waals surface area (Å²) in [4.78, 5) is 29.8. The first-order valence-electron chi connectivity index (χ1n) is 10.7. The molecule has 0 aromatic carbocycles. The second kappa shape index (κ2) is 8.66. The van der Waals surface area contributed by atoms with Gasteiger partial charge >= 0.3 is 6.18 Å². The Labute approximate surface area is 173 Å². The van der Waals surface area contributed by atoms with Crippen LogP contribution in [0.1, 0.15) is 30.5 Å². The topological polar surface area (TPSA) is 61.7 Å². The normalized spacial score (nSPS) is 23.8. The lowest BCUT2D eigenvalue weighted by Crippen LogP contribution is -2.53. The number of rotatable bonds is 5. The van der Waals surface area contributed by atoms with E-state index in [0.717, 1.165) is 54.9 Å². The molecule has 2 fully saturated rings. The van der Waals surface area contributed by atoms with Gasteiger partial charge < -0.3 is 4.90 Å². The molecule has 2 saturated heterocycles. The van der Waals surface area contributed by atoms with Crippen LogP contribution >= 0.6 is 0 Å². The van der Waals surface area contributed by atoms with Crippen molar-refractivity contribution in [1.82, 2.24) is 24.5 Å². The number of nitrogens with zero attached hydrogens (tertiary/aromatic N) is 5. The number of piperazine rings is 1. The highest BCUT2D eigenvalue weighted by Gasteiger charge is 2.41. The minimum Gasteiger partial charge on any atom is -0.332 e. The number of aryl methyl sites for hydroxylation is 2. The summed E-state index contributed by atoms with van der Waals surface area (Å²) >= 11 is 0. The smallest absolute Gasteiger partial charge is 0.332 e. The van der Waals surface area contributed by atoms with Gasteiger partial charge in [-0.1, -0.05) is 0 Å². The quantitative estimate of drug-likeness (QED) is 0.699. The van der Waals surface area contributed by atoms with Gasteiger partial charge in [-0.25, -0.2) is 4.68 Å². The number of hydrogen-bond acceptors (Lipinski definition) is 5. The predicted molar refractivity (Wildman–Crippen MR) is 104 cm³/mol. The van der Waals surface area contributed by atoms with Gasteiger partial charge in [-0.3, -0.25) is 19.4 Å². The number of likely N-dealkylation sites (tertiary alicyclic amines) is 1. The molecule has 3 aliphatic rings. The molecule has 1 aromatic heterocycles. The highest BCUT2D eigenvalue weighted by atomic mass is 19.4. The van der Waals surface area contributed by atoms with Crippen LogP contribution in [0, 0.1) is 0 Å². The van der Waals surface area contributed by atoms with Crippen LogP contribution in [0.15, 0.2) is 10.9 Å². The number of carbonyl (C=O) groups is 1. The van der Waals surface area contributed by atoms with E-state index in [9.17, 15) is 22.8 Å². The first kappa shape index (κ1) is 21.3. The molecule has 10 heteroatoms. The summed E-state index contributed by atoms with van der Waals surface area (Å²) in [6, 6.07) is 1.28. The van der Waals surface area contributed by atoms with Gasteiger partial charge in [0.25, 0.3) is 5.56 Å².